The predicted octanol–water partition coefficient (Wildman–Crippen LogP) is 11.9. The summed E-state index contributed by atoms with van der Waals surface area (Å²) in [4.78, 5) is 26.7. The van der Waals surface area contributed by atoms with Crippen LogP contribution in [0.3, 0.4) is 0 Å². The minimum atomic E-state index is -4.13. The van der Waals surface area contributed by atoms with E-state index in [1.807, 2.05) is 0 Å². The molecule has 2 N–H and O–H groups in total. The van der Waals surface area contributed by atoms with Crippen LogP contribution in [0.25, 0.3) is 0 Å². The molecule has 0 saturated heterocycles. The summed E-state index contributed by atoms with van der Waals surface area (Å²) in [5.41, 5.74) is -1.44. The first-order valence-corrected chi connectivity index (χ1v) is 58.5. The van der Waals surface area contributed by atoms with Gasteiger partial charge in [-0.15, -0.1) is 0 Å². The summed E-state index contributed by atoms with van der Waals surface area (Å²) in [6.07, 6.45) is 0.0771. The maximum Gasteiger partial charge on any atom is 0.647 e. The molecule has 1 atom stereocenters. The van der Waals surface area contributed by atoms with Gasteiger partial charge in [-0.3, -0.25) is 0 Å². The molecule has 0 fully saturated rings. The Balaban J connectivity index is 8.27. The standard InChI is InChI=1S/C37H94O14Si12/c1-52(2,3)43-61(44-53(4,5)6,45-54(7,8)9)32-28-29-33(36(38)39)34(37(40)41)30-31-35(62(46-55(10,11)12,47-56(13,14)15)48-57(16,17)18)42-63(49-58(19,20)21,50-59(22,23)24)51-60(25,26)27/h35H,28-32H2,1-27H3,(H,38,39)(H,40,41)/b34-33+. The summed E-state index contributed by atoms with van der Waals surface area (Å²) < 4.78 is 71.0. The lowest BCUT2D eigenvalue weighted by atomic mass is 9.99. The Kier molecular flexibility index (Phi) is 23.1. The third-order valence-corrected chi connectivity index (χ3v) is 42.3. The number of carbonyl (C=O) groups is 2. The Bertz CT molecular complexity index is 1400. The second kappa shape index (κ2) is 22.8. The normalized spacial score (nSPS) is 16.0. The van der Waals surface area contributed by atoms with Gasteiger partial charge in [-0.05, 0) is 202 Å². The highest BCUT2D eigenvalue weighted by Gasteiger charge is 2.63. The van der Waals surface area contributed by atoms with Crippen molar-refractivity contribution >= 4 is 113 Å². The molecule has 0 radical (unpaired) electrons. The zero-order chi connectivity index (χ0) is 50.5. The molecule has 0 aromatic heterocycles. The molecule has 0 aromatic carbocycles. The molecule has 0 aromatic rings. The lowest BCUT2D eigenvalue weighted by molar-refractivity contribution is -0.136. The fourth-order valence-electron chi connectivity index (χ4n) is 6.43. The van der Waals surface area contributed by atoms with E-state index in [4.69, 9.17) is 41.5 Å². The average Bonchev–Trinajstić information content (AvgIpc) is 2.86. The van der Waals surface area contributed by atoms with Crippen molar-refractivity contribution in [3.63, 3.8) is 0 Å². The number of hydrogen-bond donors (Lipinski definition) is 2. The van der Waals surface area contributed by atoms with E-state index in [1.54, 1.807) is 0 Å². The highest BCUT2D eigenvalue weighted by Crippen LogP contribution is 2.38. The van der Waals surface area contributed by atoms with Gasteiger partial charge in [-0.2, -0.15) is 0 Å². The molecule has 0 rings (SSSR count). The SMILES string of the molecule is C[Si](C)(C)O[Si](CCC/C(C(=O)O)=C(/CCC(O[Si](O[Si](C)(C)C)(O[Si](C)(C)C)O[Si](C)(C)C)[Si](O[Si](C)(C)C)(O[Si](C)(C)C)O[Si](C)(C)C)C(=O)O)(O[Si](C)(C)C)O[Si](C)(C)C. The van der Waals surface area contributed by atoms with Crippen LogP contribution in [0.2, 0.25) is 183 Å². The second-order valence-electron chi connectivity index (χ2n) is 25.3. The Hall–Kier alpha value is 0.883. The Morgan fingerprint density at radius 2 is 0.635 bits per heavy atom. The van der Waals surface area contributed by atoms with Crippen molar-refractivity contribution in [1.29, 1.82) is 0 Å². The quantitative estimate of drug-likeness (QED) is 0.0515. The largest absolute Gasteiger partial charge is 0.647 e. The molecule has 0 aliphatic carbocycles. The number of carboxylic acid groups (broad SMARTS) is 2. The fourth-order valence-corrected chi connectivity index (χ4v) is 47.7. The Labute approximate surface area is 397 Å². The monoisotopic (exact) mass is 1100 g/mol. The van der Waals surface area contributed by atoms with Crippen LogP contribution in [0.5, 0.6) is 0 Å². The Morgan fingerprint density at radius 1 is 0.381 bits per heavy atom. The summed E-state index contributed by atoms with van der Waals surface area (Å²) in [7, 11) is -33.2. The number of aliphatic carboxylic acids is 2. The maximum atomic E-state index is 13.4. The lowest BCUT2D eigenvalue weighted by Crippen LogP contribution is -2.72. The number of hydrogen-bond acceptors (Lipinski definition) is 12. The minimum absolute atomic E-state index is 0.00705. The van der Waals surface area contributed by atoms with E-state index in [1.165, 1.54) is 0 Å². The van der Waals surface area contributed by atoms with Crippen molar-refractivity contribution in [2.24, 2.45) is 0 Å². The molecule has 26 heteroatoms. The van der Waals surface area contributed by atoms with Crippen LogP contribution in [0.1, 0.15) is 25.7 Å². The number of rotatable bonds is 30. The molecule has 0 spiro atoms. The third-order valence-electron chi connectivity index (χ3n) is 7.15. The summed E-state index contributed by atoms with van der Waals surface area (Å²) >= 11 is 0. The first-order valence-electron chi connectivity index (χ1n) is 22.5. The van der Waals surface area contributed by atoms with Crippen LogP contribution in [-0.4, -0.2) is 129 Å². The molecular formula is C37H94O14Si12. The smallest absolute Gasteiger partial charge is 0.478 e. The molecule has 1 unspecified atom stereocenters. The van der Waals surface area contributed by atoms with E-state index in [2.05, 4.69) is 177 Å². The van der Waals surface area contributed by atoms with Gasteiger partial charge in [0.05, 0.1) is 0 Å². The van der Waals surface area contributed by atoms with Crippen LogP contribution in [-0.2, 0) is 51.1 Å². The third kappa shape index (κ3) is 28.9. The van der Waals surface area contributed by atoms with Crippen molar-refractivity contribution in [3.8, 4) is 0 Å². The average molecular weight is 1100 g/mol. The predicted molar refractivity (Wildman–Crippen MR) is 288 cm³/mol. The number of carboxylic acids is 2. The molecule has 14 nitrogen and oxygen atoms in total. The second-order valence-corrected chi connectivity index (χ2v) is 75.6. The van der Waals surface area contributed by atoms with Gasteiger partial charge in [-0.1, -0.05) is 0 Å². The molecule has 0 aliphatic heterocycles. The van der Waals surface area contributed by atoms with Crippen molar-refractivity contribution in [2.45, 2.75) is 214 Å². The van der Waals surface area contributed by atoms with Gasteiger partial charge in [0.2, 0.25) is 0 Å². The molecule has 0 saturated carbocycles. The summed E-state index contributed by atoms with van der Waals surface area (Å²) in [6, 6.07) is 0.361. The highest BCUT2D eigenvalue weighted by atomic mass is 28.5. The molecule has 0 amide bonds. The van der Waals surface area contributed by atoms with Crippen LogP contribution in [0.15, 0.2) is 11.1 Å². The maximum absolute atomic E-state index is 13.4. The van der Waals surface area contributed by atoms with Gasteiger partial charge in [0.15, 0.2) is 74.9 Å². The zero-order valence-electron chi connectivity index (χ0n) is 44.9. The molecule has 374 valence electrons. The zero-order valence-corrected chi connectivity index (χ0v) is 56.9. The summed E-state index contributed by atoms with van der Waals surface area (Å²) in [6.45, 7) is 56.1. The van der Waals surface area contributed by atoms with Crippen LogP contribution in [0, 0.1) is 0 Å². The van der Waals surface area contributed by atoms with Crippen molar-refractivity contribution in [1.82, 2.24) is 0 Å². The molecule has 0 aliphatic rings. The minimum Gasteiger partial charge on any atom is -0.478 e. The van der Waals surface area contributed by atoms with Crippen LogP contribution in [0.4, 0.5) is 0 Å². The van der Waals surface area contributed by atoms with Crippen molar-refractivity contribution in [3.05, 3.63) is 11.1 Å². The van der Waals surface area contributed by atoms with Crippen molar-refractivity contribution in [2.75, 3.05) is 0 Å². The molecule has 0 bridgehead atoms. The first kappa shape index (κ1) is 63.9. The van der Waals surface area contributed by atoms with Crippen molar-refractivity contribution < 1.29 is 61.3 Å². The van der Waals surface area contributed by atoms with Gasteiger partial charge < -0.3 is 51.7 Å². The van der Waals surface area contributed by atoms with E-state index >= 15 is 0 Å². The fraction of sp³-hybridized carbons (Fsp3) is 0.892. The van der Waals surface area contributed by atoms with Gasteiger partial charge in [0.1, 0.15) is 5.73 Å². The van der Waals surface area contributed by atoms with Crippen LogP contribution >= 0.6 is 0 Å². The molecule has 63 heavy (non-hydrogen) atoms. The van der Waals surface area contributed by atoms with E-state index in [9.17, 15) is 19.8 Å². The van der Waals surface area contributed by atoms with Crippen LogP contribution < -0.4 is 0 Å². The van der Waals surface area contributed by atoms with Gasteiger partial charge in [0, 0.05) is 17.2 Å². The molecular weight excluding hydrogens is 1010 g/mol. The first-order chi connectivity index (χ1) is 27.3. The van der Waals surface area contributed by atoms with E-state index in [-0.39, 0.29) is 30.4 Å². The van der Waals surface area contributed by atoms with Gasteiger partial charge in [-0.25, -0.2) is 9.59 Å². The Morgan fingerprint density at radius 3 is 0.873 bits per heavy atom. The molecule has 0 heterocycles. The van der Waals surface area contributed by atoms with E-state index in [0.29, 0.717) is 12.5 Å². The highest BCUT2D eigenvalue weighted by molar-refractivity contribution is 6.92. The summed E-state index contributed by atoms with van der Waals surface area (Å²) in [5.74, 6) is -2.62. The lowest BCUT2D eigenvalue weighted by Gasteiger charge is -2.49. The van der Waals surface area contributed by atoms with E-state index in [0.717, 1.165) is 0 Å². The summed E-state index contributed by atoms with van der Waals surface area (Å²) in [5, 5.41) is 21.8. The van der Waals surface area contributed by atoms with E-state index < -0.39 is 119 Å². The van der Waals surface area contributed by atoms with Gasteiger partial charge >= 0.3 is 38.6 Å². The van der Waals surface area contributed by atoms with Gasteiger partial charge in [0.25, 0.3) is 0 Å². The topological polar surface area (TPSA) is 167 Å².